The number of hydrogen-bond donors (Lipinski definition) is 0. The lowest BCUT2D eigenvalue weighted by Gasteiger charge is -2.11. The fraction of sp³-hybridized carbons (Fsp3) is 0.235. The number of carbonyl (C=O) groups is 1. The van der Waals surface area contributed by atoms with E-state index in [-0.39, 0.29) is 5.78 Å². The fourth-order valence-electron chi connectivity index (χ4n) is 1.93. The molecule has 0 aromatic heterocycles. The van der Waals surface area contributed by atoms with Crippen LogP contribution in [0.5, 0.6) is 11.5 Å². The van der Waals surface area contributed by atoms with Gasteiger partial charge in [-0.05, 0) is 24.3 Å². The summed E-state index contributed by atoms with van der Waals surface area (Å²) in [5.74, 6) is 1.11. The number of rotatable bonds is 7. The van der Waals surface area contributed by atoms with Crippen LogP contribution in [0.2, 0.25) is 0 Å². The van der Waals surface area contributed by atoms with Crippen molar-refractivity contribution in [2.45, 2.75) is 0 Å². The average Bonchev–Trinajstić information content (AvgIpc) is 2.55. The van der Waals surface area contributed by atoms with Gasteiger partial charge in [0.05, 0.1) is 19.3 Å². The minimum absolute atomic E-state index is 0.0954. The fourth-order valence-corrected chi connectivity index (χ4v) is 1.93. The predicted octanol–water partition coefficient (Wildman–Crippen LogP) is 2.95. The number of carbonyl (C=O) groups excluding carboxylic acids is 1. The molecule has 2 aromatic carbocycles. The van der Waals surface area contributed by atoms with E-state index < -0.39 is 0 Å². The molecule has 4 heteroatoms. The van der Waals surface area contributed by atoms with Gasteiger partial charge in [0.1, 0.15) is 18.1 Å². The second-order valence-corrected chi connectivity index (χ2v) is 4.40. The van der Waals surface area contributed by atoms with Crippen molar-refractivity contribution in [2.75, 3.05) is 27.4 Å². The summed E-state index contributed by atoms with van der Waals surface area (Å²) in [5, 5.41) is 0. The molecule has 0 amide bonds. The van der Waals surface area contributed by atoms with E-state index in [1.165, 1.54) is 0 Å². The number of ether oxygens (including phenoxy) is 3. The largest absolute Gasteiger partial charge is 0.497 e. The highest BCUT2D eigenvalue weighted by molar-refractivity contribution is 6.10. The van der Waals surface area contributed by atoms with Gasteiger partial charge in [-0.3, -0.25) is 4.79 Å². The van der Waals surface area contributed by atoms with Crippen LogP contribution >= 0.6 is 0 Å². The summed E-state index contributed by atoms with van der Waals surface area (Å²) in [6.45, 7) is 0.876. The molecule has 0 bridgehead atoms. The zero-order valence-electron chi connectivity index (χ0n) is 12.2. The van der Waals surface area contributed by atoms with Gasteiger partial charge in [-0.25, -0.2) is 0 Å². The minimum atomic E-state index is -0.0954. The molecule has 0 aliphatic heterocycles. The summed E-state index contributed by atoms with van der Waals surface area (Å²) >= 11 is 0. The van der Waals surface area contributed by atoms with Crippen molar-refractivity contribution in [3.8, 4) is 11.5 Å². The van der Waals surface area contributed by atoms with Crippen molar-refractivity contribution >= 4 is 5.78 Å². The third-order valence-electron chi connectivity index (χ3n) is 3.01. The molecular formula is C17H18O4. The second-order valence-electron chi connectivity index (χ2n) is 4.40. The van der Waals surface area contributed by atoms with Gasteiger partial charge in [0.2, 0.25) is 0 Å². The molecule has 4 nitrogen and oxygen atoms in total. The summed E-state index contributed by atoms with van der Waals surface area (Å²) in [6.07, 6.45) is 0. The number of para-hydroxylation sites is 1. The molecule has 2 rings (SSSR count). The number of hydrogen-bond acceptors (Lipinski definition) is 4. The van der Waals surface area contributed by atoms with Gasteiger partial charge in [-0.15, -0.1) is 0 Å². The zero-order chi connectivity index (χ0) is 15.1. The van der Waals surface area contributed by atoms with Gasteiger partial charge >= 0.3 is 0 Å². The van der Waals surface area contributed by atoms with Crippen molar-refractivity contribution in [1.82, 2.24) is 0 Å². The Morgan fingerprint density at radius 2 is 1.81 bits per heavy atom. The lowest BCUT2D eigenvalue weighted by molar-refractivity contribution is 0.103. The molecule has 0 spiro atoms. The summed E-state index contributed by atoms with van der Waals surface area (Å²) < 4.78 is 15.7. The molecule has 0 saturated heterocycles. The first-order valence-corrected chi connectivity index (χ1v) is 6.65. The Balaban J connectivity index is 2.25. The van der Waals surface area contributed by atoms with Gasteiger partial charge < -0.3 is 14.2 Å². The van der Waals surface area contributed by atoms with Crippen LogP contribution in [-0.2, 0) is 4.74 Å². The van der Waals surface area contributed by atoms with E-state index in [0.717, 1.165) is 0 Å². The highest BCUT2D eigenvalue weighted by Gasteiger charge is 2.14. The van der Waals surface area contributed by atoms with E-state index in [1.54, 1.807) is 50.6 Å². The van der Waals surface area contributed by atoms with Gasteiger partial charge in [0.25, 0.3) is 0 Å². The molecule has 0 atom stereocenters. The molecule has 0 unspecified atom stereocenters. The summed E-state index contributed by atoms with van der Waals surface area (Å²) in [6, 6.07) is 14.3. The number of benzene rings is 2. The van der Waals surface area contributed by atoms with Crippen LogP contribution in [0.1, 0.15) is 15.9 Å². The molecule has 0 fully saturated rings. The van der Waals surface area contributed by atoms with Crippen molar-refractivity contribution in [1.29, 1.82) is 0 Å². The van der Waals surface area contributed by atoms with E-state index in [9.17, 15) is 4.79 Å². The average molecular weight is 286 g/mol. The Morgan fingerprint density at radius 3 is 2.57 bits per heavy atom. The van der Waals surface area contributed by atoms with Crippen LogP contribution < -0.4 is 9.47 Å². The third-order valence-corrected chi connectivity index (χ3v) is 3.01. The number of methoxy groups -OCH3 is 2. The maximum Gasteiger partial charge on any atom is 0.196 e. The van der Waals surface area contributed by atoms with Crippen LogP contribution in [0.3, 0.4) is 0 Å². The van der Waals surface area contributed by atoms with Crippen molar-refractivity contribution in [3.05, 3.63) is 59.7 Å². The molecule has 21 heavy (non-hydrogen) atoms. The van der Waals surface area contributed by atoms with Gasteiger partial charge in [0.15, 0.2) is 5.78 Å². The molecule has 0 aliphatic carbocycles. The Morgan fingerprint density at radius 1 is 1.00 bits per heavy atom. The van der Waals surface area contributed by atoms with Crippen LogP contribution in [0.4, 0.5) is 0 Å². The molecule has 0 aliphatic rings. The maximum absolute atomic E-state index is 12.6. The second kappa shape index (κ2) is 7.45. The Kier molecular flexibility index (Phi) is 5.35. The highest BCUT2D eigenvalue weighted by Crippen LogP contribution is 2.23. The first kappa shape index (κ1) is 15.1. The van der Waals surface area contributed by atoms with Crippen LogP contribution in [0.25, 0.3) is 0 Å². The predicted molar refractivity (Wildman–Crippen MR) is 80.2 cm³/mol. The summed E-state index contributed by atoms with van der Waals surface area (Å²) in [4.78, 5) is 12.6. The first-order valence-electron chi connectivity index (χ1n) is 6.65. The van der Waals surface area contributed by atoms with Gasteiger partial charge in [-0.2, -0.15) is 0 Å². The molecular weight excluding hydrogens is 268 g/mol. The Bertz CT molecular complexity index is 607. The topological polar surface area (TPSA) is 44.8 Å². The summed E-state index contributed by atoms with van der Waals surface area (Å²) in [5.41, 5.74) is 1.10. The normalized spacial score (nSPS) is 10.2. The standard InChI is InChI=1S/C17H18O4/c1-19-10-11-21-16-9-4-3-8-15(16)17(18)13-6-5-7-14(12-13)20-2/h3-9,12H,10-11H2,1-2H3. The smallest absolute Gasteiger partial charge is 0.196 e. The van der Waals surface area contributed by atoms with Gasteiger partial charge in [0, 0.05) is 12.7 Å². The van der Waals surface area contributed by atoms with E-state index in [4.69, 9.17) is 14.2 Å². The van der Waals surface area contributed by atoms with E-state index in [2.05, 4.69) is 0 Å². The Labute approximate surface area is 124 Å². The van der Waals surface area contributed by atoms with E-state index >= 15 is 0 Å². The maximum atomic E-state index is 12.6. The zero-order valence-corrected chi connectivity index (χ0v) is 12.2. The quantitative estimate of drug-likeness (QED) is 0.580. The lowest BCUT2D eigenvalue weighted by Crippen LogP contribution is -2.09. The van der Waals surface area contributed by atoms with Gasteiger partial charge in [-0.1, -0.05) is 24.3 Å². The van der Waals surface area contributed by atoms with Crippen LogP contribution in [0.15, 0.2) is 48.5 Å². The summed E-state index contributed by atoms with van der Waals surface area (Å²) in [7, 11) is 3.18. The molecule has 2 aromatic rings. The molecule has 0 saturated carbocycles. The molecule has 0 heterocycles. The van der Waals surface area contributed by atoms with E-state index in [1.807, 2.05) is 12.1 Å². The van der Waals surface area contributed by atoms with Crippen molar-refractivity contribution in [2.24, 2.45) is 0 Å². The Hall–Kier alpha value is -2.33. The SMILES string of the molecule is COCCOc1ccccc1C(=O)c1cccc(OC)c1. The molecule has 110 valence electrons. The number of ketones is 1. The molecule has 0 N–H and O–H groups in total. The van der Waals surface area contributed by atoms with E-state index in [0.29, 0.717) is 35.8 Å². The lowest BCUT2D eigenvalue weighted by atomic mass is 10.0. The first-order chi connectivity index (χ1) is 10.3. The van der Waals surface area contributed by atoms with Crippen molar-refractivity contribution in [3.63, 3.8) is 0 Å². The van der Waals surface area contributed by atoms with Crippen molar-refractivity contribution < 1.29 is 19.0 Å². The van der Waals surface area contributed by atoms with Crippen LogP contribution in [-0.4, -0.2) is 33.2 Å². The van der Waals surface area contributed by atoms with Crippen LogP contribution in [0, 0.1) is 0 Å². The minimum Gasteiger partial charge on any atom is -0.497 e. The highest BCUT2D eigenvalue weighted by atomic mass is 16.5. The monoisotopic (exact) mass is 286 g/mol. The third kappa shape index (κ3) is 3.83. The molecule has 0 radical (unpaired) electrons.